The first-order valence-corrected chi connectivity index (χ1v) is 13.0. The minimum absolute atomic E-state index is 0.0195. The molecule has 0 bridgehead atoms. The number of carbonyl (C=O) groups is 2. The molecule has 2 heterocycles. The maximum atomic E-state index is 14.1. The number of amides is 2. The van der Waals surface area contributed by atoms with Gasteiger partial charge in [-0.1, -0.05) is 34.1 Å². The maximum Gasteiger partial charge on any atom is 0.254 e. The maximum absolute atomic E-state index is 14.1. The Morgan fingerprint density at radius 2 is 1.97 bits per heavy atom. The molecule has 1 aliphatic heterocycles. The number of hydrogen-bond acceptors (Lipinski definition) is 4. The smallest absolute Gasteiger partial charge is 0.254 e. The fourth-order valence-electron chi connectivity index (χ4n) is 4.38. The highest BCUT2D eigenvalue weighted by Gasteiger charge is 2.38. The monoisotopic (exact) mass is 542 g/mol. The Bertz CT molecular complexity index is 1210. The minimum atomic E-state index is -0.429. The summed E-state index contributed by atoms with van der Waals surface area (Å²) in [5.41, 5.74) is 1.60. The summed E-state index contributed by atoms with van der Waals surface area (Å²) in [5, 5.41) is 2.02. The van der Waals surface area contributed by atoms with Crippen molar-refractivity contribution in [3.63, 3.8) is 0 Å². The van der Waals surface area contributed by atoms with Crippen LogP contribution in [0.4, 0.5) is 4.39 Å². The number of fused-ring (bicyclic) bond motifs is 1. The second-order valence-electron chi connectivity index (χ2n) is 8.57. The molecule has 2 amide bonds. The molecule has 176 valence electrons. The van der Waals surface area contributed by atoms with Crippen molar-refractivity contribution in [2.24, 2.45) is 0 Å². The van der Waals surface area contributed by atoms with Crippen molar-refractivity contribution in [3.8, 4) is 5.75 Å². The van der Waals surface area contributed by atoms with Crippen LogP contribution in [0, 0.1) is 5.82 Å². The van der Waals surface area contributed by atoms with Crippen LogP contribution >= 0.6 is 27.3 Å². The van der Waals surface area contributed by atoms with Crippen molar-refractivity contribution in [2.45, 2.75) is 31.3 Å². The Balaban J connectivity index is 1.35. The van der Waals surface area contributed by atoms with Gasteiger partial charge in [-0.05, 0) is 66.6 Å². The third kappa shape index (κ3) is 4.88. The largest absolute Gasteiger partial charge is 0.488 e. The van der Waals surface area contributed by atoms with Crippen LogP contribution in [0.25, 0.3) is 0 Å². The molecular weight excluding hydrogens is 519 g/mol. The van der Waals surface area contributed by atoms with E-state index >= 15 is 0 Å². The van der Waals surface area contributed by atoms with Gasteiger partial charge in [0.25, 0.3) is 5.91 Å². The summed E-state index contributed by atoms with van der Waals surface area (Å²) in [6, 6.07) is 15.3. The number of carbonyl (C=O) groups excluding carboxylic acids is 2. The van der Waals surface area contributed by atoms with Crippen molar-refractivity contribution >= 4 is 39.1 Å². The van der Waals surface area contributed by atoms with Gasteiger partial charge in [0.1, 0.15) is 13.2 Å². The van der Waals surface area contributed by atoms with Gasteiger partial charge in [-0.25, -0.2) is 4.39 Å². The van der Waals surface area contributed by atoms with Crippen molar-refractivity contribution in [1.82, 2.24) is 9.80 Å². The molecule has 0 saturated heterocycles. The number of benzene rings is 2. The first-order valence-electron chi connectivity index (χ1n) is 11.3. The zero-order chi connectivity index (χ0) is 23.7. The minimum Gasteiger partial charge on any atom is -0.488 e. The molecule has 0 N–H and O–H groups in total. The first-order chi connectivity index (χ1) is 16.5. The standard InChI is InChI=1S/C26H24BrFN2O3S/c27-18-5-3-4-17(14-18)26(32)30(19-8-9-19)15-25(31)29-12-10-24-20(11-13-34-24)22(29)16-33-23-7-2-1-6-21(23)28/h1-7,11,13-14,19,22H,8-10,12,15-16H2. The lowest BCUT2D eigenvalue weighted by molar-refractivity contribution is -0.135. The van der Waals surface area contributed by atoms with Crippen LogP contribution in [0.3, 0.4) is 0 Å². The SMILES string of the molecule is O=C(c1cccc(Br)c1)N(CC(=O)N1CCc2sccc2C1COc1ccccc1F)C1CC1. The van der Waals surface area contributed by atoms with E-state index in [2.05, 4.69) is 15.9 Å². The molecule has 5 rings (SSSR count). The van der Waals surface area contributed by atoms with E-state index in [9.17, 15) is 14.0 Å². The molecule has 3 aromatic rings. The number of rotatable bonds is 7. The van der Waals surface area contributed by atoms with E-state index in [0.29, 0.717) is 12.1 Å². The van der Waals surface area contributed by atoms with Crippen LogP contribution in [-0.4, -0.2) is 47.4 Å². The van der Waals surface area contributed by atoms with Crippen LogP contribution in [0.2, 0.25) is 0 Å². The van der Waals surface area contributed by atoms with Crippen LogP contribution < -0.4 is 4.74 Å². The van der Waals surface area contributed by atoms with E-state index in [4.69, 9.17) is 4.74 Å². The Kier molecular flexibility index (Phi) is 6.70. The lowest BCUT2D eigenvalue weighted by Crippen LogP contribution is -2.48. The quantitative estimate of drug-likeness (QED) is 0.398. The third-order valence-corrected chi connectivity index (χ3v) is 7.76. The molecule has 2 aromatic carbocycles. The van der Waals surface area contributed by atoms with Crippen molar-refractivity contribution in [3.05, 3.63) is 86.3 Å². The van der Waals surface area contributed by atoms with Crippen LogP contribution in [0.5, 0.6) is 5.75 Å². The average molecular weight is 543 g/mol. The predicted octanol–water partition coefficient (Wildman–Crippen LogP) is 5.46. The molecule has 0 radical (unpaired) electrons. The van der Waals surface area contributed by atoms with Crippen LogP contribution in [0.1, 0.15) is 39.7 Å². The summed E-state index contributed by atoms with van der Waals surface area (Å²) in [4.78, 5) is 31.5. The summed E-state index contributed by atoms with van der Waals surface area (Å²) < 4.78 is 20.8. The highest BCUT2D eigenvalue weighted by Crippen LogP contribution is 2.35. The Morgan fingerprint density at radius 1 is 1.15 bits per heavy atom. The van der Waals surface area contributed by atoms with Crippen molar-refractivity contribution in [2.75, 3.05) is 19.7 Å². The predicted molar refractivity (Wildman–Crippen MR) is 133 cm³/mol. The van der Waals surface area contributed by atoms with Gasteiger partial charge >= 0.3 is 0 Å². The fraction of sp³-hybridized carbons (Fsp3) is 0.308. The van der Waals surface area contributed by atoms with E-state index < -0.39 is 5.82 Å². The highest BCUT2D eigenvalue weighted by atomic mass is 79.9. The van der Waals surface area contributed by atoms with E-state index in [-0.39, 0.29) is 42.8 Å². The molecule has 8 heteroatoms. The number of halogens is 2. The van der Waals surface area contributed by atoms with Gasteiger partial charge in [-0.15, -0.1) is 11.3 Å². The van der Waals surface area contributed by atoms with Gasteiger partial charge in [0.15, 0.2) is 11.6 Å². The topological polar surface area (TPSA) is 49.9 Å². The molecule has 2 aliphatic rings. The highest BCUT2D eigenvalue weighted by molar-refractivity contribution is 9.10. The number of para-hydroxylation sites is 1. The third-order valence-electron chi connectivity index (χ3n) is 6.27. The second-order valence-corrected chi connectivity index (χ2v) is 10.5. The van der Waals surface area contributed by atoms with E-state index in [1.54, 1.807) is 51.5 Å². The van der Waals surface area contributed by atoms with Gasteiger partial charge in [-0.3, -0.25) is 9.59 Å². The van der Waals surface area contributed by atoms with Gasteiger partial charge in [0, 0.05) is 27.5 Å². The van der Waals surface area contributed by atoms with Gasteiger partial charge in [-0.2, -0.15) is 0 Å². The lowest BCUT2D eigenvalue weighted by atomic mass is 10.0. The molecule has 1 aliphatic carbocycles. The molecule has 1 aromatic heterocycles. The zero-order valence-corrected chi connectivity index (χ0v) is 20.9. The molecule has 1 atom stereocenters. The molecule has 5 nitrogen and oxygen atoms in total. The molecule has 1 saturated carbocycles. The van der Waals surface area contributed by atoms with Gasteiger partial charge in [0.2, 0.25) is 5.91 Å². The van der Waals surface area contributed by atoms with Gasteiger partial charge < -0.3 is 14.5 Å². The van der Waals surface area contributed by atoms with E-state index in [0.717, 1.165) is 29.3 Å². The molecule has 1 unspecified atom stereocenters. The molecule has 1 fully saturated rings. The Morgan fingerprint density at radius 3 is 2.74 bits per heavy atom. The van der Waals surface area contributed by atoms with E-state index in [1.165, 1.54) is 10.9 Å². The van der Waals surface area contributed by atoms with Gasteiger partial charge in [0.05, 0.1) is 6.04 Å². The summed E-state index contributed by atoms with van der Waals surface area (Å²) in [7, 11) is 0. The molecule has 34 heavy (non-hydrogen) atoms. The average Bonchev–Trinajstić information content (AvgIpc) is 3.57. The second kappa shape index (κ2) is 9.88. The zero-order valence-electron chi connectivity index (χ0n) is 18.5. The first kappa shape index (κ1) is 23.1. The number of nitrogens with zero attached hydrogens (tertiary/aromatic N) is 2. The van der Waals surface area contributed by atoms with E-state index in [1.807, 2.05) is 23.6 Å². The lowest BCUT2D eigenvalue weighted by Gasteiger charge is -2.37. The summed E-state index contributed by atoms with van der Waals surface area (Å²) in [6.07, 6.45) is 2.57. The summed E-state index contributed by atoms with van der Waals surface area (Å²) in [5.74, 6) is -0.512. The Hall–Kier alpha value is -2.71. The number of hydrogen-bond donors (Lipinski definition) is 0. The molecular formula is C26H24BrFN2O3S. The van der Waals surface area contributed by atoms with Crippen LogP contribution in [-0.2, 0) is 11.2 Å². The van der Waals surface area contributed by atoms with Crippen molar-refractivity contribution in [1.29, 1.82) is 0 Å². The summed E-state index contributed by atoms with van der Waals surface area (Å²) >= 11 is 5.08. The summed E-state index contributed by atoms with van der Waals surface area (Å²) in [6.45, 7) is 0.715. The Labute approximate surface area is 210 Å². The number of ether oxygens (including phenoxy) is 1. The van der Waals surface area contributed by atoms with Crippen LogP contribution in [0.15, 0.2) is 64.5 Å². The van der Waals surface area contributed by atoms with Crippen molar-refractivity contribution < 1.29 is 18.7 Å². The normalized spacial score (nSPS) is 17.2. The number of thiophene rings is 1. The molecule has 0 spiro atoms. The fourth-order valence-corrected chi connectivity index (χ4v) is 5.71.